The summed E-state index contributed by atoms with van der Waals surface area (Å²) in [6.45, 7) is 10.0. The molecule has 0 spiro atoms. The van der Waals surface area contributed by atoms with Crippen molar-refractivity contribution in [2.24, 2.45) is 0 Å². The highest BCUT2D eigenvalue weighted by atomic mass is 28.4. The number of rotatable bonds is 6. The third-order valence-electron chi connectivity index (χ3n) is 3.08. The van der Waals surface area contributed by atoms with Gasteiger partial charge in [0.2, 0.25) is 0 Å². The van der Waals surface area contributed by atoms with Crippen LogP contribution in [0.5, 0.6) is 0 Å². The summed E-state index contributed by atoms with van der Waals surface area (Å²) in [5.74, 6) is -0.283. The van der Waals surface area contributed by atoms with Crippen molar-refractivity contribution in [2.45, 2.75) is 58.4 Å². The third kappa shape index (κ3) is 3.61. The van der Waals surface area contributed by atoms with Crippen LogP contribution in [0.2, 0.25) is 18.1 Å². The second-order valence-corrected chi connectivity index (χ2v) is 9.04. The minimum absolute atomic E-state index is 0.283. The molecule has 0 bridgehead atoms. The standard InChI is InChI=1S/C11H24O3Si/c1-7-15(8-2,9-3)14-11(4,5)10(12)13-6/h7-9H2,1-6H3. The average molecular weight is 232 g/mol. The summed E-state index contributed by atoms with van der Waals surface area (Å²) in [5, 5.41) is 0. The zero-order valence-electron chi connectivity index (χ0n) is 10.8. The first-order valence-corrected chi connectivity index (χ1v) is 8.19. The van der Waals surface area contributed by atoms with Crippen LogP contribution < -0.4 is 0 Å². The van der Waals surface area contributed by atoms with Crippen molar-refractivity contribution in [1.82, 2.24) is 0 Å². The van der Waals surface area contributed by atoms with Crippen molar-refractivity contribution in [1.29, 1.82) is 0 Å². The molecule has 0 atom stereocenters. The van der Waals surface area contributed by atoms with Crippen molar-refractivity contribution >= 4 is 14.3 Å². The smallest absolute Gasteiger partial charge is 0.336 e. The van der Waals surface area contributed by atoms with E-state index in [0.717, 1.165) is 18.1 Å². The van der Waals surface area contributed by atoms with Gasteiger partial charge in [0, 0.05) is 0 Å². The van der Waals surface area contributed by atoms with Gasteiger partial charge < -0.3 is 9.16 Å². The van der Waals surface area contributed by atoms with Crippen molar-refractivity contribution in [3.05, 3.63) is 0 Å². The van der Waals surface area contributed by atoms with E-state index in [1.165, 1.54) is 7.11 Å². The van der Waals surface area contributed by atoms with Crippen LogP contribution in [0, 0.1) is 0 Å². The summed E-state index contributed by atoms with van der Waals surface area (Å²) in [6.07, 6.45) is 0. The van der Waals surface area contributed by atoms with E-state index in [-0.39, 0.29) is 5.97 Å². The van der Waals surface area contributed by atoms with Gasteiger partial charge in [0.25, 0.3) is 0 Å². The monoisotopic (exact) mass is 232 g/mol. The minimum atomic E-state index is -1.73. The Morgan fingerprint density at radius 2 is 1.53 bits per heavy atom. The lowest BCUT2D eigenvalue weighted by Gasteiger charge is -2.36. The first kappa shape index (κ1) is 14.6. The molecule has 0 saturated heterocycles. The molecule has 4 heteroatoms. The molecule has 0 aliphatic rings. The van der Waals surface area contributed by atoms with Crippen LogP contribution in [0.3, 0.4) is 0 Å². The van der Waals surface area contributed by atoms with Gasteiger partial charge in [-0.2, -0.15) is 0 Å². The highest BCUT2D eigenvalue weighted by Crippen LogP contribution is 2.28. The second-order valence-electron chi connectivity index (χ2n) is 4.35. The Morgan fingerprint density at radius 3 is 1.80 bits per heavy atom. The first-order chi connectivity index (χ1) is 6.87. The van der Waals surface area contributed by atoms with Crippen molar-refractivity contribution in [3.8, 4) is 0 Å². The van der Waals surface area contributed by atoms with Crippen molar-refractivity contribution in [3.63, 3.8) is 0 Å². The lowest BCUT2D eigenvalue weighted by atomic mass is 10.1. The highest BCUT2D eigenvalue weighted by molar-refractivity contribution is 6.73. The maximum atomic E-state index is 11.5. The van der Waals surface area contributed by atoms with Gasteiger partial charge in [0.1, 0.15) is 5.60 Å². The number of methoxy groups -OCH3 is 1. The molecule has 0 aromatic carbocycles. The zero-order chi connectivity index (χ0) is 12.1. The Bertz CT molecular complexity index is 202. The number of ether oxygens (including phenoxy) is 1. The Morgan fingerprint density at radius 1 is 1.13 bits per heavy atom. The van der Waals surface area contributed by atoms with Gasteiger partial charge in [-0.15, -0.1) is 0 Å². The largest absolute Gasteiger partial charge is 0.467 e. The summed E-state index contributed by atoms with van der Waals surface area (Å²) < 4.78 is 10.8. The Labute approximate surface area is 94.3 Å². The lowest BCUT2D eigenvalue weighted by Crippen LogP contribution is -2.48. The van der Waals surface area contributed by atoms with Crippen LogP contribution in [0.1, 0.15) is 34.6 Å². The van der Waals surface area contributed by atoms with Gasteiger partial charge in [-0.25, -0.2) is 4.79 Å². The van der Waals surface area contributed by atoms with E-state index in [9.17, 15) is 4.79 Å². The molecule has 90 valence electrons. The second kappa shape index (κ2) is 5.65. The summed E-state index contributed by atoms with van der Waals surface area (Å²) in [6, 6.07) is 3.13. The number of carbonyl (C=O) groups excluding carboxylic acids is 1. The molecule has 0 N–H and O–H groups in total. The number of carbonyl (C=O) groups is 1. The van der Waals surface area contributed by atoms with E-state index >= 15 is 0 Å². The summed E-state index contributed by atoms with van der Waals surface area (Å²) in [5.41, 5.74) is -0.803. The molecule has 0 aromatic heterocycles. The molecule has 15 heavy (non-hydrogen) atoms. The predicted molar refractivity (Wildman–Crippen MR) is 64.4 cm³/mol. The molecule has 0 fully saturated rings. The molecule has 0 rings (SSSR count). The molecule has 0 unspecified atom stereocenters. The van der Waals surface area contributed by atoms with Crippen LogP contribution in [-0.4, -0.2) is 27.0 Å². The molecule has 0 aromatic rings. The van der Waals surface area contributed by atoms with E-state index in [1.54, 1.807) is 13.8 Å². The quantitative estimate of drug-likeness (QED) is 0.522. The predicted octanol–water partition coefficient (Wildman–Crippen LogP) is 2.96. The molecular weight excluding hydrogens is 208 g/mol. The summed E-state index contributed by atoms with van der Waals surface area (Å²) in [4.78, 5) is 11.5. The van der Waals surface area contributed by atoms with Crippen LogP contribution in [0.15, 0.2) is 0 Å². The molecule has 0 radical (unpaired) electrons. The summed E-state index contributed by atoms with van der Waals surface area (Å²) in [7, 11) is -0.329. The molecule has 0 aliphatic heterocycles. The number of hydrogen-bond donors (Lipinski definition) is 0. The maximum Gasteiger partial charge on any atom is 0.336 e. The zero-order valence-corrected chi connectivity index (χ0v) is 11.8. The van der Waals surface area contributed by atoms with E-state index in [0.29, 0.717) is 0 Å². The van der Waals surface area contributed by atoms with Crippen molar-refractivity contribution in [2.75, 3.05) is 7.11 Å². The topological polar surface area (TPSA) is 35.5 Å². The SMILES string of the molecule is CC[Si](CC)(CC)OC(C)(C)C(=O)OC. The third-order valence-corrected chi connectivity index (χ3v) is 7.89. The van der Waals surface area contributed by atoms with Crippen molar-refractivity contribution < 1.29 is 14.0 Å². The minimum Gasteiger partial charge on any atom is -0.467 e. The van der Waals surface area contributed by atoms with Crippen LogP contribution >= 0.6 is 0 Å². The molecule has 0 amide bonds. The normalized spacial score (nSPS) is 12.7. The first-order valence-electron chi connectivity index (χ1n) is 5.66. The maximum absolute atomic E-state index is 11.5. The van der Waals surface area contributed by atoms with Gasteiger partial charge in [-0.1, -0.05) is 20.8 Å². The fourth-order valence-corrected chi connectivity index (χ4v) is 4.89. The van der Waals surface area contributed by atoms with E-state index < -0.39 is 13.9 Å². The van der Waals surface area contributed by atoms with Gasteiger partial charge in [0.05, 0.1) is 7.11 Å². The Balaban J connectivity index is 4.73. The highest BCUT2D eigenvalue weighted by Gasteiger charge is 2.40. The van der Waals surface area contributed by atoms with Crippen LogP contribution in [-0.2, 0) is 14.0 Å². The average Bonchev–Trinajstić information content (AvgIpc) is 2.24. The number of hydrogen-bond acceptors (Lipinski definition) is 3. The van der Waals surface area contributed by atoms with Crippen LogP contribution in [0.25, 0.3) is 0 Å². The van der Waals surface area contributed by atoms with E-state index in [2.05, 4.69) is 20.8 Å². The molecule has 3 nitrogen and oxygen atoms in total. The fourth-order valence-electron chi connectivity index (χ4n) is 1.80. The fraction of sp³-hybridized carbons (Fsp3) is 0.909. The molecule has 0 saturated carbocycles. The van der Waals surface area contributed by atoms with Gasteiger partial charge in [-0.05, 0) is 32.0 Å². The van der Waals surface area contributed by atoms with Crippen LogP contribution in [0.4, 0.5) is 0 Å². The van der Waals surface area contributed by atoms with E-state index in [1.807, 2.05) is 0 Å². The van der Waals surface area contributed by atoms with E-state index in [4.69, 9.17) is 9.16 Å². The molecule has 0 heterocycles. The Hall–Kier alpha value is -0.353. The summed E-state index contributed by atoms with van der Waals surface area (Å²) >= 11 is 0. The number of esters is 1. The van der Waals surface area contributed by atoms with Gasteiger partial charge in [-0.3, -0.25) is 0 Å². The van der Waals surface area contributed by atoms with Gasteiger partial charge >= 0.3 is 5.97 Å². The van der Waals surface area contributed by atoms with Gasteiger partial charge in [0.15, 0.2) is 8.32 Å². The Kier molecular flexibility index (Phi) is 5.52. The molecular formula is C11H24O3Si. The lowest BCUT2D eigenvalue weighted by molar-refractivity contribution is -0.156. The molecule has 0 aliphatic carbocycles.